The van der Waals surface area contributed by atoms with Gasteiger partial charge in [-0.3, -0.25) is 9.89 Å². The third-order valence-corrected chi connectivity index (χ3v) is 3.46. The first kappa shape index (κ1) is 11.9. The van der Waals surface area contributed by atoms with Crippen LogP contribution in [0.5, 0.6) is 0 Å². The molecule has 0 aliphatic carbocycles. The number of nitrogens with zero attached hydrogens (tertiary/aromatic N) is 2. The van der Waals surface area contributed by atoms with Gasteiger partial charge in [0, 0.05) is 18.6 Å². The molecule has 1 fully saturated rings. The van der Waals surface area contributed by atoms with Crippen LogP contribution in [-0.4, -0.2) is 46.7 Å². The van der Waals surface area contributed by atoms with Gasteiger partial charge in [0.05, 0.1) is 6.20 Å². The fourth-order valence-corrected chi connectivity index (χ4v) is 2.16. The van der Waals surface area contributed by atoms with Crippen LogP contribution in [0.2, 0.25) is 0 Å². The fraction of sp³-hybridized carbons (Fsp3) is 0.636. The SMILES string of the molecule is CC1CC(NC(=O)c2cn[nH]c2N)CCN1C. The summed E-state index contributed by atoms with van der Waals surface area (Å²) in [5.74, 6) is 0.182. The zero-order chi connectivity index (χ0) is 12.4. The number of likely N-dealkylation sites (tertiary alicyclic amines) is 1. The van der Waals surface area contributed by atoms with E-state index < -0.39 is 0 Å². The van der Waals surface area contributed by atoms with Gasteiger partial charge in [0.1, 0.15) is 11.4 Å². The summed E-state index contributed by atoms with van der Waals surface area (Å²) in [6.45, 7) is 3.18. The van der Waals surface area contributed by atoms with Gasteiger partial charge in [-0.05, 0) is 26.8 Å². The molecular weight excluding hydrogens is 218 g/mol. The zero-order valence-electron chi connectivity index (χ0n) is 10.2. The van der Waals surface area contributed by atoms with Gasteiger partial charge < -0.3 is 16.0 Å². The van der Waals surface area contributed by atoms with Crippen molar-refractivity contribution in [3.05, 3.63) is 11.8 Å². The number of nitrogen functional groups attached to an aromatic ring is 1. The van der Waals surface area contributed by atoms with Crippen molar-refractivity contribution >= 4 is 11.7 Å². The van der Waals surface area contributed by atoms with Crippen LogP contribution in [0.3, 0.4) is 0 Å². The van der Waals surface area contributed by atoms with E-state index >= 15 is 0 Å². The van der Waals surface area contributed by atoms with Crippen molar-refractivity contribution in [3.63, 3.8) is 0 Å². The molecule has 17 heavy (non-hydrogen) atoms. The van der Waals surface area contributed by atoms with E-state index in [4.69, 9.17) is 5.73 Å². The molecule has 0 bridgehead atoms. The summed E-state index contributed by atoms with van der Waals surface area (Å²) < 4.78 is 0. The average Bonchev–Trinajstić information content (AvgIpc) is 2.70. The summed E-state index contributed by atoms with van der Waals surface area (Å²) >= 11 is 0. The number of aromatic amines is 1. The Labute approximate surface area is 101 Å². The summed E-state index contributed by atoms with van der Waals surface area (Å²) in [5.41, 5.74) is 6.04. The number of carbonyl (C=O) groups is 1. The first-order chi connectivity index (χ1) is 8.08. The quantitative estimate of drug-likeness (QED) is 0.686. The fourth-order valence-electron chi connectivity index (χ4n) is 2.16. The van der Waals surface area contributed by atoms with Crippen LogP contribution in [0.25, 0.3) is 0 Å². The predicted octanol–water partition coefficient (Wildman–Crippen LogP) is 0.204. The molecule has 1 aliphatic rings. The Hall–Kier alpha value is -1.56. The highest BCUT2D eigenvalue weighted by Gasteiger charge is 2.24. The van der Waals surface area contributed by atoms with Crippen molar-refractivity contribution in [2.45, 2.75) is 31.8 Å². The summed E-state index contributed by atoms with van der Waals surface area (Å²) in [6.07, 6.45) is 3.41. The van der Waals surface area contributed by atoms with Gasteiger partial charge in [-0.15, -0.1) is 0 Å². The average molecular weight is 237 g/mol. The molecule has 0 saturated carbocycles. The van der Waals surface area contributed by atoms with E-state index in [2.05, 4.69) is 34.4 Å². The molecule has 1 aromatic rings. The Balaban J connectivity index is 1.94. The Morgan fingerprint density at radius 2 is 2.47 bits per heavy atom. The molecule has 2 atom stereocenters. The van der Waals surface area contributed by atoms with Crippen LogP contribution in [0.4, 0.5) is 5.82 Å². The summed E-state index contributed by atoms with van der Waals surface area (Å²) in [7, 11) is 2.11. The lowest BCUT2D eigenvalue weighted by atomic mass is 9.99. The van der Waals surface area contributed by atoms with Gasteiger partial charge in [-0.1, -0.05) is 0 Å². The molecule has 4 N–H and O–H groups in total. The Kier molecular flexibility index (Phi) is 3.33. The van der Waals surface area contributed by atoms with Gasteiger partial charge in [-0.25, -0.2) is 0 Å². The number of anilines is 1. The number of H-pyrrole nitrogens is 1. The number of nitrogens with one attached hydrogen (secondary N) is 2. The number of carbonyl (C=O) groups excluding carboxylic acids is 1. The molecule has 1 aromatic heterocycles. The van der Waals surface area contributed by atoms with E-state index in [1.807, 2.05) is 0 Å². The standard InChI is InChI=1S/C11H19N5O/c1-7-5-8(3-4-16(7)2)14-11(17)9-6-13-15-10(9)12/h6-8H,3-5H2,1-2H3,(H,14,17)(H3,12,13,15). The van der Waals surface area contributed by atoms with E-state index in [0.717, 1.165) is 19.4 Å². The van der Waals surface area contributed by atoms with E-state index in [1.165, 1.54) is 6.20 Å². The topological polar surface area (TPSA) is 87.0 Å². The van der Waals surface area contributed by atoms with Crippen LogP contribution in [0.15, 0.2) is 6.20 Å². The van der Waals surface area contributed by atoms with Gasteiger partial charge in [0.25, 0.3) is 5.91 Å². The molecule has 94 valence electrons. The molecule has 2 heterocycles. The molecular formula is C11H19N5O. The second kappa shape index (κ2) is 4.75. The van der Waals surface area contributed by atoms with E-state index in [-0.39, 0.29) is 11.9 Å². The van der Waals surface area contributed by atoms with Crippen molar-refractivity contribution in [1.29, 1.82) is 0 Å². The largest absolute Gasteiger partial charge is 0.383 e. The van der Waals surface area contributed by atoms with Crippen molar-refractivity contribution < 1.29 is 4.79 Å². The molecule has 6 heteroatoms. The number of rotatable bonds is 2. The first-order valence-electron chi connectivity index (χ1n) is 5.88. The lowest BCUT2D eigenvalue weighted by Crippen LogP contribution is -2.47. The Bertz CT molecular complexity index is 402. The van der Waals surface area contributed by atoms with Gasteiger partial charge in [0.15, 0.2) is 0 Å². The van der Waals surface area contributed by atoms with Crippen LogP contribution in [-0.2, 0) is 0 Å². The summed E-state index contributed by atoms with van der Waals surface area (Å²) in [5, 5.41) is 9.31. The molecule has 2 rings (SSSR count). The van der Waals surface area contributed by atoms with Crippen LogP contribution >= 0.6 is 0 Å². The summed E-state index contributed by atoms with van der Waals surface area (Å²) in [6, 6.07) is 0.721. The molecule has 2 unspecified atom stereocenters. The zero-order valence-corrected chi connectivity index (χ0v) is 10.2. The van der Waals surface area contributed by atoms with Crippen molar-refractivity contribution in [3.8, 4) is 0 Å². The highest BCUT2D eigenvalue weighted by Crippen LogP contribution is 2.16. The molecule has 0 radical (unpaired) electrons. The maximum absolute atomic E-state index is 11.9. The minimum atomic E-state index is -0.141. The van der Waals surface area contributed by atoms with Crippen LogP contribution < -0.4 is 11.1 Å². The van der Waals surface area contributed by atoms with E-state index in [9.17, 15) is 4.79 Å². The minimum absolute atomic E-state index is 0.141. The second-order valence-electron chi connectivity index (χ2n) is 4.72. The first-order valence-corrected chi connectivity index (χ1v) is 5.88. The molecule has 6 nitrogen and oxygen atoms in total. The molecule has 1 saturated heterocycles. The maximum Gasteiger partial charge on any atom is 0.256 e. The maximum atomic E-state index is 11.9. The Morgan fingerprint density at radius 3 is 3.06 bits per heavy atom. The predicted molar refractivity (Wildman–Crippen MR) is 65.6 cm³/mol. The number of amides is 1. The molecule has 1 aliphatic heterocycles. The van der Waals surface area contributed by atoms with Gasteiger partial charge in [0.2, 0.25) is 0 Å². The van der Waals surface area contributed by atoms with Crippen molar-refractivity contribution in [2.24, 2.45) is 0 Å². The smallest absolute Gasteiger partial charge is 0.256 e. The lowest BCUT2D eigenvalue weighted by Gasteiger charge is -2.35. The molecule has 0 aromatic carbocycles. The number of hydrogen-bond donors (Lipinski definition) is 3. The van der Waals surface area contributed by atoms with Crippen molar-refractivity contribution in [1.82, 2.24) is 20.4 Å². The minimum Gasteiger partial charge on any atom is -0.383 e. The van der Waals surface area contributed by atoms with Gasteiger partial charge >= 0.3 is 0 Å². The number of piperidine rings is 1. The second-order valence-corrected chi connectivity index (χ2v) is 4.72. The third-order valence-electron chi connectivity index (χ3n) is 3.46. The number of nitrogens with two attached hydrogens (primary N) is 1. The highest BCUT2D eigenvalue weighted by molar-refractivity contribution is 5.98. The van der Waals surface area contributed by atoms with Crippen molar-refractivity contribution in [2.75, 3.05) is 19.3 Å². The Morgan fingerprint density at radius 1 is 1.71 bits per heavy atom. The molecule has 0 spiro atoms. The summed E-state index contributed by atoms with van der Waals surface area (Å²) in [4.78, 5) is 14.2. The van der Waals surface area contributed by atoms with Crippen LogP contribution in [0.1, 0.15) is 30.1 Å². The van der Waals surface area contributed by atoms with Crippen LogP contribution in [0, 0.1) is 0 Å². The van der Waals surface area contributed by atoms with E-state index in [1.54, 1.807) is 0 Å². The number of aromatic nitrogens is 2. The number of hydrogen-bond acceptors (Lipinski definition) is 4. The van der Waals surface area contributed by atoms with Gasteiger partial charge in [-0.2, -0.15) is 5.10 Å². The lowest BCUT2D eigenvalue weighted by molar-refractivity contribution is 0.0897. The molecule has 1 amide bonds. The third kappa shape index (κ3) is 2.58. The highest BCUT2D eigenvalue weighted by atomic mass is 16.1. The normalized spacial score (nSPS) is 25.8. The monoisotopic (exact) mass is 237 g/mol. The van der Waals surface area contributed by atoms with E-state index in [0.29, 0.717) is 17.4 Å².